The molecule has 2 saturated heterocycles. The van der Waals surface area contributed by atoms with Crippen LogP contribution in [0.4, 0.5) is 0 Å². The van der Waals surface area contributed by atoms with Gasteiger partial charge in [0.15, 0.2) is 0 Å². The van der Waals surface area contributed by atoms with E-state index in [9.17, 15) is 4.79 Å². The Morgan fingerprint density at radius 1 is 1.33 bits per heavy atom. The first kappa shape index (κ1) is 12.7. The first-order chi connectivity index (χ1) is 6.79. The lowest BCUT2D eigenvalue weighted by molar-refractivity contribution is -0.140. The molecule has 1 amide bonds. The van der Waals surface area contributed by atoms with Gasteiger partial charge in [0.2, 0.25) is 5.91 Å². The number of carbonyl (C=O) groups excluding carboxylic acids is 1. The fourth-order valence-electron chi connectivity index (χ4n) is 2.16. The zero-order valence-corrected chi connectivity index (χ0v) is 9.89. The highest BCUT2D eigenvalue weighted by Gasteiger charge is 2.33. The van der Waals surface area contributed by atoms with E-state index < -0.39 is 0 Å². The van der Waals surface area contributed by atoms with Crippen molar-refractivity contribution in [3.8, 4) is 0 Å². The maximum absolute atomic E-state index is 12.0. The Bertz CT molecular complexity index is 219. The largest absolute Gasteiger partial charge is 0.378 e. The van der Waals surface area contributed by atoms with Gasteiger partial charge in [0.25, 0.3) is 0 Å². The summed E-state index contributed by atoms with van der Waals surface area (Å²) < 4.78 is 5.23. The van der Waals surface area contributed by atoms with Crippen LogP contribution in [0.1, 0.15) is 6.92 Å². The molecule has 2 aliphatic heterocycles. The maximum atomic E-state index is 12.0. The van der Waals surface area contributed by atoms with E-state index in [1.54, 1.807) is 0 Å². The quantitative estimate of drug-likeness (QED) is 0.701. The molecule has 5 heteroatoms. The number of hydrogen-bond acceptors (Lipinski definition) is 3. The normalized spacial score (nSPS) is 31.1. The maximum Gasteiger partial charge on any atom is 0.227 e. The van der Waals surface area contributed by atoms with E-state index in [-0.39, 0.29) is 18.3 Å². The van der Waals surface area contributed by atoms with Crippen molar-refractivity contribution in [2.45, 2.75) is 6.92 Å². The molecule has 2 fully saturated rings. The minimum Gasteiger partial charge on any atom is -0.378 e. The lowest BCUT2D eigenvalue weighted by atomic mass is 9.96. The van der Waals surface area contributed by atoms with Crippen LogP contribution in [0.25, 0.3) is 0 Å². The first-order valence-corrected chi connectivity index (χ1v) is 5.36. The Morgan fingerprint density at radius 2 is 2.00 bits per heavy atom. The van der Waals surface area contributed by atoms with Crippen LogP contribution in [0.15, 0.2) is 0 Å². The van der Waals surface area contributed by atoms with Gasteiger partial charge in [-0.15, -0.1) is 12.4 Å². The van der Waals surface area contributed by atoms with Crippen LogP contribution in [0.2, 0.25) is 0 Å². The third-order valence-electron chi connectivity index (χ3n) is 3.16. The molecule has 0 radical (unpaired) electrons. The van der Waals surface area contributed by atoms with E-state index in [0.29, 0.717) is 25.0 Å². The van der Waals surface area contributed by atoms with Crippen molar-refractivity contribution in [1.29, 1.82) is 0 Å². The second-order valence-corrected chi connectivity index (χ2v) is 4.18. The van der Waals surface area contributed by atoms with Crippen LogP contribution >= 0.6 is 12.4 Å². The Kier molecular flexibility index (Phi) is 4.83. The van der Waals surface area contributed by atoms with Gasteiger partial charge < -0.3 is 15.0 Å². The average molecular weight is 235 g/mol. The molecule has 2 heterocycles. The standard InChI is InChI=1S/C10H18N2O2.ClH/c1-8-6-11-7-9(8)10(13)12-2-4-14-5-3-12;/h8-9,11H,2-7H2,1H3;1H. The summed E-state index contributed by atoms with van der Waals surface area (Å²) in [5.74, 6) is 0.976. The molecule has 0 aromatic heterocycles. The molecule has 2 rings (SSSR count). The van der Waals surface area contributed by atoms with Crippen molar-refractivity contribution >= 4 is 18.3 Å². The van der Waals surface area contributed by atoms with E-state index in [4.69, 9.17) is 4.74 Å². The zero-order chi connectivity index (χ0) is 9.97. The molecule has 0 spiro atoms. The summed E-state index contributed by atoms with van der Waals surface area (Å²) in [6, 6.07) is 0. The zero-order valence-electron chi connectivity index (χ0n) is 9.07. The number of halogens is 1. The molecule has 1 N–H and O–H groups in total. The third kappa shape index (κ3) is 2.83. The second-order valence-electron chi connectivity index (χ2n) is 4.18. The summed E-state index contributed by atoms with van der Waals surface area (Å²) in [6.45, 7) is 6.88. The Morgan fingerprint density at radius 3 is 2.53 bits per heavy atom. The summed E-state index contributed by atoms with van der Waals surface area (Å²) in [6.07, 6.45) is 0. The molecule has 2 atom stereocenters. The Hall–Kier alpha value is -0.320. The minimum absolute atomic E-state index is 0. The van der Waals surface area contributed by atoms with Gasteiger partial charge in [0, 0.05) is 19.6 Å². The molecule has 0 bridgehead atoms. The van der Waals surface area contributed by atoms with Crippen molar-refractivity contribution in [2.24, 2.45) is 11.8 Å². The number of morpholine rings is 1. The summed E-state index contributed by atoms with van der Waals surface area (Å²) in [7, 11) is 0. The van der Waals surface area contributed by atoms with Crippen LogP contribution in [0.5, 0.6) is 0 Å². The molecule has 2 unspecified atom stereocenters. The summed E-state index contributed by atoms with van der Waals surface area (Å²) in [4.78, 5) is 14.0. The fourth-order valence-corrected chi connectivity index (χ4v) is 2.16. The number of ether oxygens (including phenoxy) is 1. The predicted octanol–water partition coefficient (Wildman–Crippen LogP) is 0.123. The van der Waals surface area contributed by atoms with Crippen molar-refractivity contribution in [2.75, 3.05) is 39.4 Å². The molecule has 2 aliphatic rings. The van der Waals surface area contributed by atoms with Gasteiger partial charge in [-0.1, -0.05) is 6.92 Å². The molecule has 88 valence electrons. The van der Waals surface area contributed by atoms with Gasteiger partial charge in [-0.3, -0.25) is 4.79 Å². The first-order valence-electron chi connectivity index (χ1n) is 5.36. The topological polar surface area (TPSA) is 41.6 Å². The number of carbonyl (C=O) groups is 1. The Balaban J connectivity index is 0.00000112. The number of nitrogens with zero attached hydrogens (tertiary/aromatic N) is 1. The molecular weight excluding hydrogens is 216 g/mol. The predicted molar refractivity (Wildman–Crippen MR) is 60.2 cm³/mol. The second kappa shape index (κ2) is 5.68. The van der Waals surface area contributed by atoms with Gasteiger partial charge in [-0.05, 0) is 12.5 Å². The van der Waals surface area contributed by atoms with Gasteiger partial charge in [0.05, 0.1) is 19.1 Å². The van der Waals surface area contributed by atoms with Crippen LogP contribution in [0.3, 0.4) is 0 Å². The number of hydrogen-bond donors (Lipinski definition) is 1. The molecule has 0 aromatic rings. The molecule has 0 saturated carbocycles. The van der Waals surface area contributed by atoms with Gasteiger partial charge in [0.1, 0.15) is 0 Å². The van der Waals surface area contributed by atoms with E-state index in [1.165, 1.54) is 0 Å². The lowest BCUT2D eigenvalue weighted by Gasteiger charge is -2.30. The van der Waals surface area contributed by atoms with Crippen molar-refractivity contribution < 1.29 is 9.53 Å². The molecule has 4 nitrogen and oxygen atoms in total. The average Bonchev–Trinajstić information content (AvgIpc) is 2.65. The van der Waals surface area contributed by atoms with E-state index >= 15 is 0 Å². The van der Waals surface area contributed by atoms with E-state index in [1.807, 2.05) is 4.90 Å². The third-order valence-corrected chi connectivity index (χ3v) is 3.16. The van der Waals surface area contributed by atoms with Crippen LogP contribution in [-0.4, -0.2) is 50.2 Å². The van der Waals surface area contributed by atoms with Crippen molar-refractivity contribution in [3.63, 3.8) is 0 Å². The van der Waals surface area contributed by atoms with E-state index in [0.717, 1.165) is 26.2 Å². The molecule has 15 heavy (non-hydrogen) atoms. The Labute approximate surface area is 96.7 Å². The van der Waals surface area contributed by atoms with Gasteiger partial charge in [-0.2, -0.15) is 0 Å². The number of nitrogens with one attached hydrogen (secondary N) is 1. The molecular formula is C10H19ClN2O2. The smallest absolute Gasteiger partial charge is 0.227 e. The van der Waals surface area contributed by atoms with E-state index in [2.05, 4.69) is 12.2 Å². The monoisotopic (exact) mass is 234 g/mol. The summed E-state index contributed by atoms with van der Waals surface area (Å²) in [5.41, 5.74) is 0. The number of rotatable bonds is 1. The minimum atomic E-state index is 0. The SMILES string of the molecule is CC1CNCC1C(=O)N1CCOCC1.Cl. The van der Waals surface area contributed by atoms with Crippen molar-refractivity contribution in [1.82, 2.24) is 10.2 Å². The lowest BCUT2D eigenvalue weighted by Crippen LogP contribution is -2.45. The highest BCUT2D eigenvalue weighted by atomic mass is 35.5. The number of amides is 1. The van der Waals surface area contributed by atoms with Crippen molar-refractivity contribution in [3.05, 3.63) is 0 Å². The highest BCUT2D eigenvalue weighted by Crippen LogP contribution is 2.19. The summed E-state index contributed by atoms with van der Waals surface area (Å²) >= 11 is 0. The van der Waals surface area contributed by atoms with Crippen LogP contribution in [-0.2, 0) is 9.53 Å². The molecule has 0 aromatic carbocycles. The van der Waals surface area contributed by atoms with Gasteiger partial charge >= 0.3 is 0 Å². The fraction of sp³-hybridized carbons (Fsp3) is 0.900. The van der Waals surface area contributed by atoms with Crippen LogP contribution < -0.4 is 5.32 Å². The van der Waals surface area contributed by atoms with Crippen LogP contribution in [0, 0.1) is 11.8 Å². The molecule has 0 aliphatic carbocycles. The summed E-state index contributed by atoms with van der Waals surface area (Å²) in [5, 5.41) is 3.26. The van der Waals surface area contributed by atoms with Gasteiger partial charge in [-0.25, -0.2) is 0 Å². The highest BCUT2D eigenvalue weighted by molar-refractivity contribution is 5.85.